The monoisotopic (exact) mass is 451 g/mol. The number of hydrogen-bond donors (Lipinski definition) is 2. The van der Waals surface area contributed by atoms with E-state index in [-0.39, 0.29) is 29.6 Å². The second-order valence-electron chi connectivity index (χ2n) is 5.95. The maximum Gasteiger partial charge on any atom is 0.191 e. The maximum atomic E-state index is 6.16. The van der Waals surface area contributed by atoms with Gasteiger partial charge in [-0.25, -0.2) is 0 Å². The highest BCUT2D eigenvalue weighted by Gasteiger charge is 2.29. The minimum Gasteiger partial charge on any atom is -0.373 e. The van der Waals surface area contributed by atoms with Crippen LogP contribution in [0.5, 0.6) is 0 Å². The van der Waals surface area contributed by atoms with Crippen molar-refractivity contribution in [3.8, 4) is 0 Å². The molecule has 1 unspecified atom stereocenters. The van der Waals surface area contributed by atoms with Crippen LogP contribution >= 0.6 is 35.6 Å². The predicted molar refractivity (Wildman–Crippen MR) is 108 cm³/mol. The average Bonchev–Trinajstić information content (AvgIpc) is 2.95. The van der Waals surface area contributed by atoms with Crippen molar-refractivity contribution in [2.24, 2.45) is 4.99 Å². The van der Waals surface area contributed by atoms with Crippen molar-refractivity contribution in [3.05, 3.63) is 34.9 Å². The number of nitrogens with one attached hydrogen (secondary N) is 2. The molecule has 4 nitrogen and oxygen atoms in total. The van der Waals surface area contributed by atoms with E-state index in [9.17, 15) is 0 Å². The molecule has 0 bridgehead atoms. The number of rotatable bonds is 6. The minimum absolute atomic E-state index is 0. The fraction of sp³-hybridized carbons (Fsp3) is 0.588. The third-order valence-corrected chi connectivity index (χ3v) is 4.40. The fourth-order valence-corrected chi connectivity index (χ4v) is 2.88. The zero-order valence-corrected chi connectivity index (χ0v) is 17.0. The Labute approximate surface area is 161 Å². The molecule has 0 saturated carbocycles. The molecule has 23 heavy (non-hydrogen) atoms. The van der Waals surface area contributed by atoms with E-state index in [4.69, 9.17) is 16.3 Å². The average molecular weight is 452 g/mol. The third kappa shape index (κ3) is 6.85. The van der Waals surface area contributed by atoms with Gasteiger partial charge >= 0.3 is 0 Å². The Balaban J connectivity index is 0.00000264. The summed E-state index contributed by atoms with van der Waals surface area (Å²) in [4.78, 5) is 4.26. The molecule has 1 aromatic rings. The summed E-state index contributed by atoms with van der Waals surface area (Å²) >= 11 is 6.16. The lowest BCUT2D eigenvalue weighted by Gasteiger charge is -2.24. The van der Waals surface area contributed by atoms with Gasteiger partial charge < -0.3 is 15.4 Å². The highest BCUT2D eigenvalue weighted by atomic mass is 127. The van der Waals surface area contributed by atoms with E-state index in [0.29, 0.717) is 0 Å². The standard InChI is InChI=1S/C17H26ClN3O.HI/c1-17(10-6-12-22-17)13-21-16(19-2)20-11-5-8-14-7-3-4-9-15(14)18;/h3-4,7,9H,5-6,8,10-13H2,1-2H3,(H2,19,20,21);1H. The molecule has 130 valence electrons. The van der Waals surface area contributed by atoms with Crippen LogP contribution in [0.4, 0.5) is 0 Å². The number of benzene rings is 1. The molecule has 0 radical (unpaired) electrons. The summed E-state index contributed by atoms with van der Waals surface area (Å²) in [6.07, 6.45) is 4.22. The third-order valence-electron chi connectivity index (χ3n) is 4.03. The van der Waals surface area contributed by atoms with Gasteiger partial charge in [0, 0.05) is 31.8 Å². The summed E-state index contributed by atoms with van der Waals surface area (Å²) in [7, 11) is 1.79. The van der Waals surface area contributed by atoms with E-state index in [1.807, 2.05) is 18.2 Å². The molecular formula is C17H27ClIN3O. The zero-order chi connectivity index (χ0) is 15.8. The molecule has 1 fully saturated rings. The van der Waals surface area contributed by atoms with Crippen molar-refractivity contribution in [2.45, 2.75) is 38.2 Å². The van der Waals surface area contributed by atoms with Crippen molar-refractivity contribution < 1.29 is 4.74 Å². The van der Waals surface area contributed by atoms with Crippen LogP contribution in [0.2, 0.25) is 5.02 Å². The van der Waals surface area contributed by atoms with Crippen LogP contribution < -0.4 is 10.6 Å². The molecule has 1 aliphatic rings. The smallest absolute Gasteiger partial charge is 0.191 e. The summed E-state index contributed by atoms with van der Waals surface area (Å²) < 4.78 is 5.77. The first kappa shape index (κ1) is 20.5. The van der Waals surface area contributed by atoms with Gasteiger partial charge in [-0.3, -0.25) is 4.99 Å². The number of halogens is 2. The number of ether oxygens (including phenoxy) is 1. The van der Waals surface area contributed by atoms with Gasteiger partial charge in [-0.15, -0.1) is 24.0 Å². The van der Waals surface area contributed by atoms with Gasteiger partial charge in [-0.1, -0.05) is 29.8 Å². The molecule has 6 heteroatoms. The van der Waals surface area contributed by atoms with Gasteiger partial charge in [0.2, 0.25) is 0 Å². The van der Waals surface area contributed by atoms with E-state index >= 15 is 0 Å². The molecule has 2 rings (SSSR count). The quantitative estimate of drug-likeness (QED) is 0.300. The first-order valence-corrected chi connectivity index (χ1v) is 8.33. The molecule has 0 aliphatic carbocycles. The lowest BCUT2D eigenvalue weighted by molar-refractivity contribution is 0.0243. The van der Waals surface area contributed by atoms with E-state index in [0.717, 1.165) is 56.4 Å². The molecule has 1 atom stereocenters. The SMILES string of the molecule is CN=C(NCCCc1ccccc1Cl)NCC1(C)CCCO1.I. The summed E-state index contributed by atoms with van der Waals surface area (Å²) in [6.45, 7) is 4.67. The largest absolute Gasteiger partial charge is 0.373 e. The van der Waals surface area contributed by atoms with Gasteiger partial charge in [0.15, 0.2) is 5.96 Å². The second-order valence-corrected chi connectivity index (χ2v) is 6.36. The Morgan fingerprint density at radius 1 is 1.35 bits per heavy atom. The van der Waals surface area contributed by atoms with Crippen molar-refractivity contribution >= 4 is 41.5 Å². The molecule has 2 N–H and O–H groups in total. The van der Waals surface area contributed by atoms with Crippen LogP contribution in [0.1, 0.15) is 31.7 Å². The molecule has 1 heterocycles. The lowest BCUT2D eigenvalue weighted by Crippen LogP contribution is -2.45. The molecular weight excluding hydrogens is 425 g/mol. The van der Waals surface area contributed by atoms with Gasteiger partial charge in [0.1, 0.15) is 0 Å². The molecule has 1 aliphatic heterocycles. The number of hydrogen-bond acceptors (Lipinski definition) is 2. The Hall–Kier alpha value is -0.530. The molecule has 0 amide bonds. The number of aliphatic imine (C=N–C) groups is 1. The lowest BCUT2D eigenvalue weighted by atomic mass is 10.0. The summed E-state index contributed by atoms with van der Waals surface area (Å²) in [5.41, 5.74) is 1.13. The van der Waals surface area contributed by atoms with Gasteiger partial charge in [0.05, 0.1) is 5.60 Å². The van der Waals surface area contributed by atoms with Crippen LogP contribution in [-0.2, 0) is 11.2 Å². The Bertz CT molecular complexity index is 504. The highest BCUT2D eigenvalue weighted by Crippen LogP contribution is 2.23. The van der Waals surface area contributed by atoms with Crippen LogP contribution in [0.25, 0.3) is 0 Å². The first-order valence-electron chi connectivity index (χ1n) is 7.95. The summed E-state index contributed by atoms with van der Waals surface area (Å²) in [6, 6.07) is 8.00. The fourth-order valence-electron chi connectivity index (χ4n) is 2.65. The first-order chi connectivity index (χ1) is 10.6. The Morgan fingerprint density at radius 3 is 2.78 bits per heavy atom. The maximum absolute atomic E-state index is 6.16. The van der Waals surface area contributed by atoms with Gasteiger partial charge in [-0.2, -0.15) is 0 Å². The topological polar surface area (TPSA) is 45.7 Å². The van der Waals surface area contributed by atoms with Gasteiger partial charge in [-0.05, 0) is 44.2 Å². The van der Waals surface area contributed by atoms with E-state index in [2.05, 4.69) is 28.6 Å². The number of guanidine groups is 1. The Kier molecular flexibility index (Phi) is 9.24. The Morgan fingerprint density at radius 2 is 2.13 bits per heavy atom. The van der Waals surface area contributed by atoms with Crippen molar-refractivity contribution in [2.75, 3.05) is 26.7 Å². The van der Waals surface area contributed by atoms with Gasteiger partial charge in [0.25, 0.3) is 0 Å². The minimum atomic E-state index is -0.0603. The van der Waals surface area contributed by atoms with Crippen LogP contribution in [0.15, 0.2) is 29.3 Å². The van der Waals surface area contributed by atoms with Crippen LogP contribution in [-0.4, -0.2) is 38.3 Å². The predicted octanol–water partition coefficient (Wildman–Crippen LogP) is 3.62. The molecule has 0 aromatic heterocycles. The van der Waals surface area contributed by atoms with Crippen LogP contribution in [0.3, 0.4) is 0 Å². The summed E-state index contributed by atoms with van der Waals surface area (Å²) in [5.74, 6) is 0.830. The highest BCUT2D eigenvalue weighted by molar-refractivity contribution is 14.0. The van der Waals surface area contributed by atoms with E-state index < -0.39 is 0 Å². The van der Waals surface area contributed by atoms with E-state index in [1.54, 1.807) is 7.05 Å². The zero-order valence-electron chi connectivity index (χ0n) is 13.9. The number of aryl methyl sites for hydroxylation is 1. The van der Waals surface area contributed by atoms with E-state index in [1.165, 1.54) is 5.56 Å². The molecule has 1 saturated heterocycles. The van der Waals surface area contributed by atoms with Crippen molar-refractivity contribution in [1.82, 2.24) is 10.6 Å². The second kappa shape index (κ2) is 10.4. The van der Waals surface area contributed by atoms with Crippen molar-refractivity contribution in [1.29, 1.82) is 0 Å². The molecule has 0 spiro atoms. The molecule has 1 aromatic carbocycles. The summed E-state index contributed by atoms with van der Waals surface area (Å²) in [5, 5.41) is 7.53. The normalized spacial score (nSPS) is 20.9. The number of nitrogens with zero attached hydrogens (tertiary/aromatic N) is 1. The van der Waals surface area contributed by atoms with Crippen molar-refractivity contribution in [3.63, 3.8) is 0 Å². The van der Waals surface area contributed by atoms with Crippen LogP contribution in [0, 0.1) is 0 Å².